The number of hydrogen-bond donors (Lipinski definition) is 2. The summed E-state index contributed by atoms with van der Waals surface area (Å²) in [7, 11) is 1.48. The third-order valence-electron chi connectivity index (χ3n) is 6.62. The van der Waals surface area contributed by atoms with E-state index in [2.05, 4.69) is 27.9 Å². The van der Waals surface area contributed by atoms with Crippen molar-refractivity contribution < 1.29 is 19.0 Å². The van der Waals surface area contributed by atoms with Crippen LogP contribution in [0.3, 0.4) is 0 Å². The van der Waals surface area contributed by atoms with Gasteiger partial charge in [0.15, 0.2) is 11.6 Å². The molecule has 1 saturated carbocycles. The van der Waals surface area contributed by atoms with Crippen LogP contribution >= 0.6 is 35.0 Å². The predicted octanol–water partition coefficient (Wildman–Crippen LogP) is 3.34. The van der Waals surface area contributed by atoms with E-state index in [9.17, 15) is 14.7 Å². The molecule has 2 N–H and O–H groups in total. The van der Waals surface area contributed by atoms with Gasteiger partial charge in [-0.05, 0) is 44.2 Å². The van der Waals surface area contributed by atoms with Gasteiger partial charge in [-0.2, -0.15) is 0 Å². The predicted molar refractivity (Wildman–Crippen MR) is 127 cm³/mol. The maximum absolute atomic E-state index is 15.4. The topological polar surface area (TPSA) is 83.8 Å². The SMILES string of the molecule is COc1c(N2CC3CCCN[C@@H]3C2)c(F)cc2c(=O)c(C(=O)O)cn(C3(I)CC3)c12.Cl. The normalized spacial score (nSPS) is 23.9. The number of carboxylic acid groups (broad SMARTS) is 1. The van der Waals surface area contributed by atoms with E-state index in [0.717, 1.165) is 38.8 Å². The van der Waals surface area contributed by atoms with Crippen molar-refractivity contribution in [2.45, 2.75) is 35.3 Å². The van der Waals surface area contributed by atoms with Crippen LogP contribution in [0.2, 0.25) is 0 Å². The fourth-order valence-electron chi connectivity index (χ4n) is 4.95. The van der Waals surface area contributed by atoms with E-state index in [1.165, 1.54) is 19.4 Å². The fraction of sp³-hybridized carbons (Fsp3) is 0.524. The molecule has 7 nitrogen and oxygen atoms in total. The molecule has 1 aromatic carbocycles. The third kappa shape index (κ3) is 3.58. The van der Waals surface area contributed by atoms with Gasteiger partial charge < -0.3 is 24.6 Å². The number of piperidine rings is 1. The zero-order valence-corrected chi connectivity index (χ0v) is 20.0. The molecule has 2 atom stereocenters. The standard InChI is InChI=1S/C21H23FIN3O4.ClH/c1-30-19-16-12(18(27)13(20(28)29)9-26(16)21(23)4-5-21)7-14(22)17(19)25-8-11-3-2-6-24-15(11)10-25;/h7,9,11,15,24H,2-6,8,10H2,1H3,(H,28,29);1H/t11?,15-;/m1./s1. The lowest BCUT2D eigenvalue weighted by atomic mass is 9.94. The van der Waals surface area contributed by atoms with Crippen molar-refractivity contribution in [3.05, 3.63) is 33.9 Å². The maximum Gasteiger partial charge on any atom is 0.341 e. The molecule has 3 fully saturated rings. The number of anilines is 1. The Labute approximate surface area is 198 Å². The highest BCUT2D eigenvalue weighted by Crippen LogP contribution is 2.53. The lowest BCUT2D eigenvalue weighted by Gasteiger charge is -2.26. The number of pyridine rings is 1. The fourth-order valence-corrected chi connectivity index (χ4v) is 5.60. The largest absolute Gasteiger partial charge is 0.492 e. The van der Waals surface area contributed by atoms with Crippen LogP contribution in [0.5, 0.6) is 5.75 Å². The molecule has 1 aliphatic carbocycles. The Bertz CT molecular complexity index is 1110. The molecular weight excluding hydrogens is 540 g/mol. The van der Waals surface area contributed by atoms with Crippen molar-refractivity contribution in [2.24, 2.45) is 5.92 Å². The van der Waals surface area contributed by atoms with Crippen LogP contribution < -0.4 is 20.4 Å². The van der Waals surface area contributed by atoms with Crippen LogP contribution in [0.15, 0.2) is 17.1 Å². The van der Waals surface area contributed by atoms with Gasteiger partial charge in [-0.25, -0.2) is 9.18 Å². The van der Waals surface area contributed by atoms with Gasteiger partial charge in [0, 0.05) is 25.3 Å². The zero-order chi connectivity index (χ0) is 21.2. The minimum atomic E-state index is -1.31. The Morgan fingerprint density at radius 3 is 2.74 bits per heavy atom. The molecule has 0 spiro atoms. The summed E-state index contributed by atoms with van der Waals surface area (Å²) < 4.78 is 22.6. The maximum atomic E-state index is 15.4. The summed E-state index contributed by atoms with van der Waals surface area (Å²) in [6, 6.07) is 1.51. The molecule has 2 aromatic rings. The van der Waals surface area contributed by atoms with E-state index in [4.69, 9.17) is 4.74 Å². The Balaban J connectivity index is 0.00000231. The summed E-state index contributed by atoms with van der Waals surface area (Å²) >= 11 is 2.28. The molecule has 31 heavy (non-hydrogen) atoms. The first kappa shape index (κ1) is 22.6. The number of aromatic nitrogens is 1. The average Bonchev–Trinajstić information content (AvgIpc) is 3.32. The second kappa shape index (κ2) is 8.08. The molecule has 2 saturated heterocycles. The second-order valence-electron chi connectivity index (χ2n) is 8.47. The summed E-state index contributed by atoms with van der Waals surface area (Å²) in [5.74, 6) is -1.10. The number of methoxy groups -OCH3 is 1. The Kier molecular flexibility index (Phi) is 5.89. The lowest BCUT2D eigenvalue weighted by molar-refractivity contribution is 0.0694. The number of carbonyl (C=O) groups is 1. The van der Waals surface area contributed by atoms with E-state index in [1.54, 1.807) is 4.57 Å². The molecule has 0 bridgehead atoms. The molecule has 1 aromatic heterocycles. The summed E-state index contributed by atoms with van der Waals surface area (Å²) in [5.41, 5.74) is -0.206. The van der Waals surface area contributed by atoms with E-state index in [0.29, 0.717) is 35.5 Å². The monoisotopic (exact) mass is 563 g/mol. The second-order valence-corrected chi connectivity index (χ2v) is 10.5. The first-order valence-electron chi connectivity index (χ1n) is 10.2. The molecule has 2 aliphatic heterocycles. The quantitative estimate of drug-likeness (QED) is 0.439. The van der Waals surface area contributed by atoms with Gasteiger partial charge in [-0.15, -0.1) is 12.4 Å². The van der Waals surface area contributed by atoms with Crippen molar-refractivity contribution in [1.29, 1.82) is 0 Å². The van der Waals surface area contributed by atoms with Gasteiger partial charge in [-0.1, -0.05) is 22.6 Å². The highest BCUT2D eigenvalue weighted by Gasteiger charge is 2.44. The van der Waals surface area contributed by atoms with Crippen molar-refractivity contribution >= 4 is 57.6 Å². The van der Waals surface area contributed by atoms with Gasteiger partial charge in [0.1, 0.15) is 11.3 Å². The number of rotatable bonds is 4. The number of nitrogens with zero attached hydrogens (tertiary/aromatic N) is 2. The van der Waals surface area contributed by atoms with Crippen LogP contribution in [0, 0.1) is 11.7 Å². The number of benzene rings is 1. The van der Waals surface area contributed by atoms with Crippen LogP contribution in [0.4, 0.5) is 10.1 Å². The smallest absolute Gasteiger partial charge is 0.341 e. The van der Waals surface area contributed by atoms with Gasteiger partial charge in [0.05, 0.1) is 21.6 Å². The van der Waals surface area contributed by atoms with E-state index >= 15 is 4.39 Å². The van der Waals surface area contributed by atoms with Gasteiger partial charge in [-0.3, -0.25) is 4.79 Å². The number of nitrogens with one attached hydrogen (secondary N) is 1. The van der Waals surface area contributed by atoms with E-state index < -0.39 is 17.2 Å². The highest BCUT2D eigenvalue weighted by molar-refractivity contribution is 14.1. The first-order chi connectivity index (χ1) is 14.3. The molecule has 3 heterocycles. The number of ether oxygens (including phenoxy) is 1. The number of carboxylic acids is 1. The van der Waals surface area contributed by atoms with Crippen LogP contribution in [-0.4, -0.2) is 48.4 Å². The van der Waals surface area contributed by atoms with Crippen molar-refractivity contribution in [3.8, 4) is 5.75 Å². The van der Waals surface area contributed by atoms with Crippen LogP contribution in [-0.2, 0) is 3.55 Å². The van der Waals surface area contributed by atoms with E-state index in [1.807, 2.05) is 4.90 Å². The molecule has 1 unspecified atom stereocenters. The molecular formula is C21H24ClFIN3O4. The van der Waals surface area contributed by atoms with Crippen molar-refractivity contribution in [3.63, 3.8) is 0 Å². The van der Waals surface area contributed by atoms with Gasteiger partial charge >= 0.3 is 5.97 Å². The van der Waals surface area contributed by atoms with Crippen LogP contribution in [0.25, 0.3) is 10.9 Å². The summed E-state index contributed by atoms with van der Waals surface area (Å²) in [5, 5.41) is 13.1. The third-order valence-corrected chi connectivity index (χ3v) is 8.21. The lowest BCUT2D eigenvalue weighted by Crippen LogP contribution is -2.40. The van der Waals surface area contributed by atoms with Crippen molar-refractivity contribution in [1.82, 2.24) is 9.88 Å². The number of hydrogen-bond acceptors (Lipinski definition) is 5. The minimum Gasteiger partial charge on any atom is -0.492 e. The molecule has 0 radical (unpaired) electrons. The van der Waals surface area contributed by atoms with E-state index in [-0.39, 0.29) is 26.9 Å². The molecule has 168 valence electrons. The minimum absolute atomic E-state index is 0. The molecule has 3 aliphatic rings. The number of alkyl halides is 1. The van der Waals surface area contributed by atoms with Crippen molar-refractivity contribution in [2.75, 3.05) is 31.6 Å². The summed E-state index contributed by atoms with van der Waals surface area (Å²) in [6.45, 7) is 2.38. The number of aromatic carboxylic acids is 1. The Hall–Kier alpha value is -1.59. The molecule has 5 rings (SSSR count). The first-order valence-corrected chi connectivity index (χ1v) is 11.3. The summed E-state index contributed by atoms with van der Waals surface area (Å²) in [4.78, 5) is 26.6. The zero-order valence-electron chi connectivity index (χ0n) is 17.0. The average molecular weight is 564 g/mol. The molecule has 10 heteroatoms. The number of fused-ring (bicyclic) bond motifs is 2. The summed E-state index contributed by atoms with van der Waals surface area (Å²) in [6.07, 6.45) is 5.30. The van der Waals surface area contributed by atoms with Gasteiger partial charge in [0.2, 0.25) is 5.43 Å². The highest BCUT2D eigenvalue weighted by atomic mass is 127. The van der Waals surface area contributed by atoms with Crippen LogP contribution in [0.1, 0.15) is 36.0 Å². The number of halogens is 3. The van der Waals surface area contributed by atoms with Gasteiger partial charge in [0.25, 0.3) is 0 Å². The Morgan fingerprint density at radius 1 is 1.39 bits per heavy atom. The Morgan fingerprint density at radius 2 is 2.13 bits per heavy atom. The molecule has 0 amide bonds.